The third kappa shape index (κ3) is 3.02. The molecule has 1 atom stereocenters. The Hall–Kier alpha value is -0.980. The first-order valence-corrected chi connectivity index (χ1v) is 7.24. The molecule has 0 aromatic carbocycles. The molecule has 0 bridgehead atoms. The summed E-state index contributed by atoms with van der Waals surface area (Å²) in [5.41, 5.74) is 4.05. The van der Waals surface area contributed by atoms with E-state index in [9.17, 15) is 0 Å². The molecule has 0 saturated carbocycles. The van der Waals surface area contributed by atoms with E-state index in [1.165, 1.54) is 0 Å². The smallest absolute Gasteiger partial charge is 0.185 e. The Kier molecular flexibility index (Phi) is 4.09. The van der Waals surface area contributed by atoms with E-state index >= 15 is 0 Å². The molecule has 4 nitrogen and oxygen atoms in total. The Morgan fingerprint density at radius 3 is 2.94 bits per heavy atom. The lowest BCUT2D eigenvalue weighted by Gasteiger charge is -2.14. The highest BCUT2D eigenvalue weighted by Crippen LogP contribution is 2.24. The minimum absolute atomic E-state index is 0.299. The molecule has 2 rings (SSSR count). The monoisotopic (exact) mass is 268 g/mol. The molecule has 0 aliphatic heterocycles. The van der Waals surface area contributed by atoms with Crippen molar-refractivity contribution in [3.05, 3.63) is 27.7 Å². The number of hydrogen-bond acceptors (Lipinski definition) is 6. The van der Waals surface area contributed by atoms with Gasteiger partial charge in [0.05, 0.1) is 23.4 Å². The lowest BCUT2D eigenvalue weighted by molar-refractivity contribution is 0.636. The topological polar surface area (TPSA) is 41.0 Å². The molecule has 2 aromatic heterocycles. The Morgan fingerprint density at radius 2 is 2.29 bits per heavy atom. The van der Waals surface area contributed by atoms with Gasteiger partial charge in [-0.1, -0.05) is 0 Å². The predicted molar refractivity (Wildman–Crippen MR) is 73.8 cm³/mol. The number of nitrogens with one attached hydrogen (secondary N) is 1. The number of rotatable bonds is 5. The number of aromatic nitrogens is 2. The fourth-order valence-corrected chi connectivity index (χ4v) is 2.86. The SMILES string of the molecule is CNC(C)c1csc(N(C)Cc2cscn2)n1. The van der Waals surface area contributed by atoms with E-state index in [-0.39, 0.29) is 0 Å². The minimum Gasteiger partial charge on any atom is -0.345 e. The van der Waals surface area contributed by atoms with Gasteiger partial charge in [-0.15, -0.1) is 22.7 Å². The molecule has 0 spiro atoms. The normalized spacial score (nSPS) is 12.6. The second-order valence-electron chi connectivity index (χ2n) is 3.90. The van der Waals surface area contributed by atoms with Gasteiger partial charge in [0.1, 0.15) is 0 Å². The highest BCUT2D eigenvalue weighted by Gasteiger charge is 2.11. The summed E-state index contributed by atoms with van der Waals surface area (Å²) in [6, 6.07) is 0.299. The van der Waals surface area contributed by atoms with E-state index in [4.69, 9.17) is 0 Å². The van der Waals surface area contributed by atoms with Gasteiger partial charge in [-0.3, -0.25) is 0 Å². The molecule has 0 fully saturated rings. The van der Waals surface area contributed by atoms with Crippen LogP contribution in [0.2, 0.25) is 0 Å². The van der Waals surface area contributed by atoms with E-state index in [1.807, 2.05) is 19.6 Å². The van der Waals surface area contributed by atoms with Crippen LogP contribution in [0.15, 0.2) is 16.3 Å². The maximum atomic E-state index is 4.62. The summed E-state index contributed by atoms with van der Waals surface area (Å²) in [6.45, 7) is 2.92. The maximum absolute atomic E-state index is 4.62. The van der Waals surface area contributed by atoms with Gasteiger partial charge in [0.15, 0.2) is 5.13 Å². The molecular weight excluding hydrogens is 252 g/mol. The van der Waals surface area contributed by atoms with Gasteiger partial charge < -0.3 is 10.2 Å². The van der Waals surface area contributed by atoms with Crippen LogP contribution >= 0.6 is 22.7 Å². The lowest BCUT2D eigenvalue weighted by Crippen LogP contribution is -2.17. The van der Waals surface area contributed by atoms with Crippen molar-refractivity contribution in [1.29, 1.82) is 0 Å². The third-order valence-corrected chi connectivity index (χ3v) is 4.20. The summed E-state index contributed by atoms with van der Waals surface area (Å²) in [6.07, 6.45) is 0. The predicted octanol–water partition coefficient (Wildman–Crippen LogP) is 2.52. The molecule has 0 aliphatic carbocycles. The second kappa shape index (κ2) is 5.57. The summed E-state index contributed by atoms with van der Waals surface area (Å²) in [5.74, 6) is 0. The van der Waals surface area contributed by atoms with Crippen molar-refractivity contribution >= 4 is 27.8 Å². The van der Waals surface area contributed by atoms with E-state index in [1.54, 1.807) is 22.7 Å². The molecule has 2 aromatic rings. The minimum atomic E-state index is 0.299. The Labute approximate surface area is 109 Å². The van der Waals surface area contributed by atoms with Crippen LogP contribution in [0.4, 0.5) is 5.13 Å². The van der Waals surface area contributed by atoms with E-state index in [0.717, 1.165) is 23.1 Å². The Bertz CT molecular complexity index is 452. The zero-order chi connectivity index (χ0) is 12.3. The summed E-state index contributed by atoms with van der Waals surface area (Å²) < 4.78 is 0. The van der Waals surface area contributed by atoms with Crippen LogP contribution in [-0.2, 0) is 6.54 Å². The van der Waals surface area contributed by atoms with Crippen LogP contribution in [0.25, 0.3) is 0 Å². The zero-order valence-electron chi connectivity index (χ0n) is 10.2. The van der Waals surface area contributed by atoms with Crippen molar-refractivity contribution in [2.24, 2.45) is 0 Å². The Balaban J connectivity index is 2.04. The molecule has 0 saturated heterocycles. The quantitative estimate of drug-likeness (QED) is 0.904. The average Bonchev–Trinajstić information content (AvgIpc) is 2.98. The molecule has 1 N–H and O–H groups in total. The first-order chi connectivity index (χ1) is 8.20. The van der Waals surface area contributed by atoms with Gasteiger partial charge in [0, 0.05) is 23.8 Å². The van der Waals surface area contributed by atoms with Crippen LogP contribution in [0.3, 0.4) is 0 Å². The van der Waals surface area contributed by atoms with Crippen molar-refractivity contribution in [3.8, 4) is 0 Å². The largest absolute Gasteiger partial charge is 0.345 e. The summed E-state index contributed by atoms with van der Waals surface area (Å²) in [7, 11) is 3.99. The molecule has 17 heavy (non-hydrogen) atoms. The van der Waals surface area contributed by atoms with Crippen LogP contribution in [0.5, 0.6) is 0 Å². The first kappa shape index (κ1) is 12.5. The van der Waals surface area contributed by atoms with Crippen molar-refractivity contribution in [3.63, 3.8) is 0 Å². The van der Waals surface area contributed by atoms with Gasteiger partial charge >= 0.3 is 0 Å². The number of hydrogen-bond donors (Lipinski definition) is 1. The van der Waals surface area contributed by atoms with Gasteiger partial charge in [-0.05, 0) is 14.0 Å². The van der Waals surface area contributed by atoms with Crippen LogP contribution in [0, 0.1) is 0 Å². The van der Waals surface area contributed by atoms with Gasteiger partial charge in [-0.2, -0.15) is 0 Å². The summed E-state index contributed by atoms with van der Waals surface area (Å²) >= 11 is 3.30. The van der Waals surface area contributed by atoms with Crippen molar-refractivity contribution in [2.45, 2.75) is 19.5 Å². The Morgan fingerprint density at radius 1 is 1.47 bits per heavy atom. The standard InChI is InChI=1S/C11H16N4S2/c1-8(12-2)10-6-17-11(14-10)15(3)4-9-5-16-7-13-9/h5-8,12H,4H2,1-3H3. The fourth-order valence-electron chi connectivity index (χ4n) is 1.42. The van der Waals surface area contributed by atoms with E-state index in [2.05, 4.69) is 37.9 Å². The third-order valence-electron chi connectivity index (χ3n) is 2.60. The molecule has 92 valence electrons. The molecule has 0 amide bonds. The van der Waals surface area contributed by atoms with Crippen molar-refractivity contribution in [1.82, 2.24) is 15.3 Å². The van der Waals surface area contributed by atoms with E-state index in [0.29, 0.717) is 6.04 Å². The molecule has 0 aliphatic rings. The van der Waals surface area contributed by atoms with Crippen LogP contribution in [-0.4, -0.2) is 24.1 Å². The molecule has 2 heterocycles. The summed E-state index contributed by atoms with van der Waals surface area (Å²) in [4.78, 5) is 11.0. The number of anilines is 1. The van der Waals surface area contributed by atoms with Gasteiger partial charge in [-0.25, -0.2) is 9.97 Å². The van der Waals surface area contributed by atoms with Gasteiger partial charge in [0.25, 0.3) is 0 Å². The highest BCUT2D eigenvalue weighted by atomic mass is 32.1. The van der Waals surface area contributed by atoms with Crippen LogP contribution in [0.1, 0.15) is 24.4 Å². The van der Waals surface area contributed by atoms with Gasteiger partial charge in [0.2, 0.25) is 0 Å². The molecule has 6 heteroatoms. The lowest BCUT2D eigenvalue weighted by atomic mass is 10.3. The molecule has 0 radical (unpaired) electrons. The van der Waals surface area contributed by atoms with E-state index < -0.39 is 0 Å². The highest BCUT2D eigenvalue weighted by molar-refractivity contribution is 7.13. The summed E-state index contributed by atoms with van der Waals surface area (Å²) in [5, 5.41) is 8.41. The number of thiazole rings is 2. The molecule has 1 unspecified atom stereocenters. The average molecular weight is 268 g/mol. The number of nitrogens with zero attached hydrogens (tertiary/aromatic N) is 3. The van der Waals surface area contributed by atoms with Crippen molar-refractivity contribution < 1.29 is 0 Å². The maximum Gasteiger partial charge on any atom is 0.185 e. The zero-order valence-corrected chi connectivity index (χ0v) is 11.8. The van der Waals surface area contributed by atoms with Crippen molar-refractivity contribution in [2.75, 3.05) is 19.0 Å². The first-order valence-electron chi connectivity index (χ1n) is 5.41. The second-order valence-corrected chi connectivity index (χ2v) is 5.46. The van der Waals surface area contributed by atoms with Crippen LogP contribution < -0.4 is 10.2 Å². The molecular formula is C11H16N4S2. The fraction of sp³-hybridized carbons (Fsp3) is 0.455.